The van der Waals surface area contributed by atoms with Crippen molar-refractivity contribution in [3.63, 3.8) is 0 Å². The molecule has 5 nitrogen and oxygen atoms in total. The minimum absolute atomic E-state index is 0.372. The molecule has 0 spiro atoms. The highest BCUT2D eigenvalue weighted by atomic mass is 32.1. The zero-order valence-corrected chi connectivity index (χ0v) is 12.3. The fourth-order valence-electron chi connectivity index (χ4n) is 1.68. The van der Waals surface area contributed by atoms with E-state index in [0.717, 1.165) is 29.5 Å². The lowest BCUT2D eigenvalue weighted by molar-refractivity contribution is 0.790. The van der Waals surface area contributed by atoms with Gasteiger partial charge in [-0.05, 0) is 13.8 Å². The molecule has 0 bridgehead atoms. The van der Waals surface area contributed by atoms with Crippen molar-refractivity contribution in [3.05, 3.63) is 28.3 Å². The highest BCUT2D eigenvalue weighted by Gasteiger charge is 2.09. The number of aromatic nitrogens is 3. The van der Waals surface area contributed by atoms with Gasteiger partial charge < -0.3 is 10.6 Å². The molecule has 0 fully saturated rings. The van der Waals surface area contributed by atoms with Gasteiger partial charge in [-0.2, -0.15) is 4.98 Å². The number of hydrogen-bond donors (Lipinski definition) is 2. The molecule has 0 amide bonds. The van der Waals surface area contributed by atoms with Crippen molar-refractivity contribution < 1.29 is 0 Å². The summed E-state index contributed by atoms with van der Waals surface area (Å²) in [6, 6.07) is 0. The fraction of sp³-hybridized carbons (Fsp3) is 0.462. The Kier molecular flexibility index (Phi) is 4.68. The molecule has 1 atom stereocenters. The molecule has 0 radical (unpaired) electrons. The summed E-state index contributed by atoms with van der Waals surface area (Å²) >= 11 is 1.69. The molecule has 1 unspecified atom stereocenters. The predicted octanol–water partition coefficient (Wildman–Crippen LogP) is 2.89. The van der Waals surface area contributed by atoms with Crippen LogP contribution >= 0.6 is 11.3 Å². The summed E-state index contributed by atoms with van der Waals surface area (Å²) < 4.78 is 0. The average Bonchev–Trinajstić information content (AvgIpc) is 2.93. The number of nitrogens with one attached hydrogen (secondary N) is 2. The van der Waals surface area contributed by atoms with Gasteiger partial charge in [0.2, 0.25) is 5.95 Å². The van der Waals surface area contributed by atoms with Gasteiger partial charge in [0.25, 0.3) is 0 Å². The molecule has 0 saturated carbocycles. The summed E-state index contributed by atoms with van der Waals surface area (Å²) in [7, 11) is 0. The first-order valence-electron chi connectivity index (χ1n) is 6.41. The third kappa shape index (κ3) is 3.64. The average molecular weight is 277 g/mol. The predicted molar refractivity (Wildman–Crippen MR) is 80.0 cm³/mol. The van der Waals surface area contributed by atoms with Crippen LogP contribution in [0.5, 0.6) is 0 Å². The summed E-state index contributed by atoms with van der Waals surface area (Å²) in [5.41, 5.74) is 1.05. The molecule has 2 aromatic rings. The van der Waals surface area contributed by atoms with E-state index in [1.807, 2.05) is 31.6 Å². The van der Waals surface area contributed by atoms with E-state index in [1.165, 1.54) is 0 Å². The van der Waals surface area contributed by atoms with Crippen LogP contribution in [0.3, 0.4) is 0 Å². The molecule has 0 aliphatic heterocycles. The number of nitrogens with zero attached hydrogens (tertiary/aromatic N) is 3. The van der Waals surface area contributed by atoms with Crippen molar-refractivity contribution in [1.29, 1.82) is 0 Å². The zero-order valence-electron chi connectivity index (χ0n) is 11.5. The molecule has 0 saturated heterocycles. The third-order valence-corrected chi connectivity index (χ3v) is 3.76. The number of rotatable bonds is 6. The van der Waals surface area contributed by atoms with Gasteiger partial charge in [-0.25, -0.2) is 9.97 Å². The molecular formula is C13H19N5S. The van der Waals surface area contributed by atoms with Crippen LogP contribution in [0.15, 0.2) is 17.8 Å². The zero-order chi connectivity index (χ0) is 13.7. The lowest BCUT2D eigenvalue weighted by Gasteiger charge is -2.13. The molecule has 2 aromatic heterocycles. The molecule has 2 heterocycles. The lowest BCUT2D eigenvalue weighted by Crippen LogP contribution is -2.13. The smallest absolute Gasteiger partial charge is 0.224 e. The monoisotopic (exact) mass is 277 g/mol. The first-order chi connectivity index (χ1) is 9.20. The summed E-state index contributed by atoms with van der Waals surface area (Å²) in [6.45, 7) is 7.83. The van der Waals surface area contributed by atoms with E-state index in [0.29, 0.717) is 11.9 Å². The van der Waals surface area contributed by atoms with Crippen LogP contribution in [0.2, 0.25) is 0 Å². The topological polar surface area (TPSA) is 62.7 Å². The maximum Gasteiger partial charge on any atom is 0.224 e. The molecule has 2 N–H and O–H groups in total. The quantitative estimate of drug-likeness (QED) is 0.850. The van der Waals surface area contributed by atoms with Crippen molar-refractivity contribution in [2.45, 2.75) is 26.7 Å². The Balaban J connectivity index is 2.00. The fourth-order valence-corrected chi connectivity index (χ4v) is 2.38. The summed E-state index contributed by atoms with van der Waals surface area (Å²) in [5.74, 6) is 1.92. The molecule has 19 heavy (non-hydrogen) atoms. The number of anilines is 2. The minimum Gasteiger partial charge on any atom is -0.369 e. The lowest BCUT2D eigenvalue weighted by atomic mass is 10.2. The van der Waals surface area contributed by atoms with Crippen molar-refractivity contribution in [3.8, 4) is 0 Å². The summed E-state index contributed by atoms with van der Waals surface area (Å²) in [6.07, 6.45) is 3.68. The van der Waals surface area contributed by atoms with Gasteiger partial charge >= 0.3 is 0 Å². The largest absolute Gasteiger partial charge is 0.369 e. The summed E-state index contributed by atoms with van der Waals surface area (Å²) in [4.78, 5) is 13.0. The SMILES string of the molecule is CCNc1ncc(C)c(NCC(C)c2nccs2)n1. The standard InChI is InChI=1S/C13H19N5S/c1-4-14-13-17-7-9(2)11(18-13)16-8-10(3)12-15-5-6-19-12/h5-7,10H,4,8H2,1-3H3,(H2,14,16,17,18). The second-order valence-electron chi connectivity index (χ2n) is 4.41. The maximum atomic E-state index is 4.46. The van der Waals surface area contributed by atoms with Crippen LogP contribution in [0.25, 0.3) is 0 Å². The Labute approximate surface area is 117 Å². The molecule has 2 rings (SSSR count). The first-order valence-corrected chi connectivity index (χ1v) is 7.29. The Hall–Kier alpha value is -1.69. The van der Waals surface area contributed by atoms with Crippen LogP contribution in [0.1, 0.15) is 30.3 Å². The molecule has 0 aromatic carbocycles. The molecule has 0 aliphatic rings. The van der Waals surface area contributed by atoms with Crippen molar-refractivity contribution in [2.75, 3.05) is 23.7 Å². The Morgan fingerprint density at radius 2 is 2.16 bits per heavy atom. The van der Waals surface area contributed by atoms with E-state index in [-0.39, 0.29) is 0 Å². The second kappa shape index (κ2) is 6.47. The van der Waals surface area contributed by atoms with Crippen LogP contribution < -0.4 is 10.6 Å². The molecule has 0 aliphatic carbocycles. The highest BCUT2D eigenvalue weighted by molar-refractivity contribution is 7.09. The van der Waals surface area contributed by atoms with Gasteiger partial charge in [0, 0.05) is 42.3 Å². The maximum absolute atomic E-state index is 4.46. The van der Waals surface area contributed by atoms with Crippen molar-refractivity contribution in [1.82, 2.24) is 15.0 Å². The van der Waals surface area contributed by atoms with Gasteiger partial charge in [0.1, 0.15) is 5.82 Å². The van der Waals surface area contributed by atoms with Gasteiger partial charge in [-0.3, -0.25) is 0 Å². The van der Waals surface area contributed by atoms with Gasteiger partial charge in [-0.15, -0.1) is 11.3 Å². The van der Waals surface area contributed by atoms with Crippen molar-refractivity contribution in [2.24, 2.45) is 0 Å². The van der Waals surface area contributed by atoms with E-state index in [1.54, 1.807) is 11.3 Å². The van der Waals surface area contributed by atoms with E-state index in [2.05, 4.69) is 32.5 Å². The van der Waals surface area contributed by atoms with E-state index in [9.17, 15) is 0 Å². The molecule has 102 valence electrons. The Morgan fingerprint density at radius 1 is 1.32 bits per heavy atom. The van der Waals surface area contributed by atoms with Crippen LogP contribution in [0, 0.1) is 6.92 Å². The summed E-state index contributed by atoms with van der Waals surface area (Å²) in [5, 5.41) is 9.64. The van der Waals surface area contributed by atoms with E-state index >= 15 is 0 Å². The highest BCUT2D eigenvalue weighted by Crippen LogP contribution is 2.19. The molecule has 6 heteroatoms. The van der Waals surface area contributed by atoms with Crippen LogP contribution in [-0.4, -0.2) is 28.0 Å². The second-order valence-corrected chi connectivity index (χ2v) is 5.33. The number of aryl methyl sites for hydroxylation is 1. The van der Waals surface area contributed by atoms with Gasteiger partial charge in [0.15, 0.2) is 0 Å². The van der Waals surface area contributed by atoms with E-state index in [4.69, 9.17) is 0 Å². The van der Waals surface area contributed by atoms with Crippen LogP contribution in [-0.2, 0) is 0 Å². The van der Waals surface area contributed by atoms with Crippen molar-refractivity contribution >= 4 is 23.1 Å². The Bertz CT molecular complexity index is 512. The van der Waals surface area contributed by atoms with Gasteiger partial charge in [-0.1, -0.05) is 6.92 Å². The third-order valence-electron chi connectivity index (χ3n) is 2.76. The molecular weight excluding hydrogens is 258 g/mol. The van der Waals surface area contributed by atoms with Gasteiger partial charge in [0.05, 0.1) is 5.01 Å². The Morgan fingerprint density at radius 3 is 2.84 bits per heavy atom. The first kappa shape index (κ1) is 13.7. The van der Waals surface area contributed by atoms with E-state index < -0.39 is 0 Å². The number of hydrogen-bond acceptors (Lipinski definition) is 6. The normalized spacial score (nSPS) is 12.2. The minimum atomic E-state index is 0.372. The van der Waals surface area contributed by atoms with Crippen LogP contribution in [0.4, 0.5) is 11.8 Å². The number of thiazole rings is 1.